The highest BCUT2D eigenvalue weighted by molar-refractivity contribution is 5.57. The highest BCUT2D eigenvalue weighted by atomic mass is 16.5. The summed E-state index contributed by atoms with van der Waals surface area (Å²) >= 11 is 0. The summed E-state index contributed by atoms with van der Waals surface area (Å²) in [7, 11) is 0. The van der Waals surface area contributed by atoms with Crippen molar-refractivity contribution in [3.63, 3.8) is 0 Å². The van der Waals surface area contributed by atoms with Crippen LogP contribution in [0.25, 0.3) is 11.4 Å². The van der Waals surface area contributed by atoms with E-state index in [0.717, 1.165) is 24.2 Å². The summed E-state index contributed by atoms with van der Waals surface area (Å²) < 4.78 is 5.50. The molecule has 0 bridgehead atoms. The molecule has 0 aliphatic carbocycles. The maximum absolute atomic E-state index is 5.50. The van der Waals surface area contributed by atoms with Gasteiger partial charge in [0.1, 0.15) is 0 Å². The molecule has 1 atom stereocenters. The van der Waals surface area contributed by atoms with E-state index in [9.17, 15) is 0 Å². The van der Waals surface area contributed by atoms with E-state index in [1.165, 1.54) is 5.56 Å². The quantitative estimate of drug-likeness (QED) is 0.780. The maximum atomic E-state index is 5.50. The third-order valence-corrected chi connectivity index (χ3v) is 3.74. The predicted molar refractivity (Wildman–Crippen MR) is 78.9 cm³/mol. The van der Waals surface area contributed by atoms with Crippen LogP contribution < -0.4 is 5.32 Å². The molecule has 2 aromatic heterocycles. The van der Waals surface area contributed by atoms with Crippen LogP contribution in [0, 0.1) is 0 Å². The van der Waals surface area contributed by atoms with Crippen LogP contribution in [0.15, 0.2) is 53.3 Å². The van der Waals surface area contributed by atoms with Crippen LogP contribution in [0.4, 0.5) is 5.69 Å². The molecular formula is C16H14N4O. The summed E-state index contributed by atoms with van der Waals surface area (Å²) in [5, 5.41) is 7.49. The normalized spacial score (nSPS) is 17.0. The summed E-state index contributed by atoms with van der Waals surface area (Å²) in [6.45, 7) is 0.909. The van der Waals surface area contributed by atoms with Gasteiger partial charge in [-0.3, -0.25) is 4.98 Å². The fourth-order valence-corrected chi connectivity index (χ4v) is 2.71. The first-order chi connectivity index (χ1) is 10.4. The number of pyridine rings is 1. The van der Waals surface area contributed by atoms with Crippen LogP contribution in [0.3, 0.4) is 0 Å². The maximum Gasteiger partial charge on any atom is 0.234 e. The summed E-state index contributed by atoms with van der Waals surface area (Å²) in [5.41, 5.74) is 3.23. The molecule has 0 saturated carbocycles. The molecule has 104 valence electrons. The van der Waals surface area contributed by atoms with Crippen molar-refractivity contribution < 1.29 is 4.52 Å². The van der Waals surface area contributed by atoms with Gasteiger partial charge in [0.25, 0.3) is 0 Å². The molecule has 1 aromatic carbocycles. The number of hydrogen-bond acceptors (Lipinski definition) is 5. The molecule has 0 radical (unpaired) electrons. The Bertz CT molecular complexity index is 754. The van der Waals surface area contributed by atoms with Crippen molar-refractivity contribution in [1.29, 1.82) is 0 Å². The lowest BCUT2D eigenvalue weighted by Crippen LogP contribution is -2.17. The van der Waals surface area contributed by atoms with Crippen LogP contribution in [0.1, 0.15) is 23.8 Å². The summed E-state index contributed by atoms with van der Waals surface area (Å²) in [5.74, 6) is 1.41. The molecule has 1 N–H and O–H groups in total. The Hall–Kier alpha value is -2.69. The van der Waals surface area contributed by atoms with Crippen LogP contribution in [-0.2, 0) is 0 Å². The highest BCUT2D eigenvalue weighted by Gasteiger charge is 2.26. The standard InChI is InChI=1S/C16H14N4O/c1-2-6-14-12(5-1)13(7-9-18-14)16-19-15(20-21-16)11-4-3-8-17-10-11/h1-6,8,10,13,18H,7,9H2. The number of rotatable bonds is 2. The van der Waals surface area contributed by atoms with Crippen molar-refractivity contribution in [2.24, 2.45) is 0 Å². The number of nitrogens with zero attached hydrogens (tertiary/aromatic N) is 3. The second kappa shape index (κ2) is 5.01. The fraction of sp³-hybridized carbons (Fsp3) is 0.188. The zero-order chi connectivity index (χ0) is 14.1. The van der Waals surface area contributed by atoms with Gasteiger partial charge in [-0.15, -0.1) is 0 Å². The van der Waals surface area contributed by atoms with Gasteiger partial charge >= 0.3 is 0 Å². The number of para-hydroxylation sites is 1. The van der Waals surface area contributed by atoms with Gasteiger partial charge in [0.05, 0.1) is 5.92 Å². The number of nitrogens with one attached hydrogen (secondary N) is 1. The topological polar surface area (TPSA) is 63.8 Å². The lowest BCUT2D eigenvalue weighted by atomic mass is 9.91. The van der Waals surface area contributed by atoms with Gasteiger partial charge in [0.15, 0.2) is 0 Å². The Balaban J connectivity index is 1.71. The van der Waals surface area contributed by atoms with Crippen LogP contribution in [0.5, 0.6) is 0 Å². The lowest BCUT2D eigenvalue weighted by molar-refractivity contribution is 0.361. The minimum atomic E-state index is 0.153. The van der Waals surface area contributed by atoms with E-state index >= 15 is 0 Å². The molecular weight excluding hydrogens is 264 g/mol. The second-order valence-corrected chi connectivity index (χ2v) is 5.05. The number of fused-ring (bicyclic) bond motifs is 1. The van der Waals surface area contributed by atoms with Gasteiger partial charge in [-0.1, -0.05) is 23.4 Å². The molecule has 0 fully saturated rings. The van der Waals surface area contributed by atoms with Crippen molar-refractivity contribution in [3.05, 3.63) is 60.2 Å². The van der Waals surface area contributed by atoms with Gasteiger partial charge in [-0.05, 0) is 30.2 Å². The molecule has 21 heavy (non-hydrogen) atoms. The van der Waals surface area contributed by atoms with Crippen molar-refractivity contribution >= 4 is 5.69 Å². The van der Waals surface area contributed by atoms with Gasteiger partial charge in [0.2, 0.25) is 11.7 Å². The number of hydrogen-bond donors (Lipinski definition) is 1. The van der Waals surface area contributed by atoms with Crippen LogP contribution in [0.2, 0.25) is 0 Å². The second-order valence-electron chi connectivity index (χ2n) is 5.05. The van der Waals surface area contributed by atoms with E-state index in [2.05, 4.69) is 32.6 Å². The average Bonchev–Trinajstić information content (AvgIpc) is 3.05. The first kappa shape index (κ1) is 12.1. The predicted octanol–water partition coefficient (Wildman–Crippen LogP) is 3.08. The summed E-state index contributed by atoms with van der Waals surface area (Å²) in [6, 6.07) is 12.1. The third-order valence-electron chi connectivity index (χ3n) is 3.74. The molecule has 3 aromatic rings. The molecule has 1 aliphatic heterocycles. The van der Waals surface area contributed by atoms with Gasteiger partial charge in [-0.25, -0.2) is 0 Å². The zero-order valence-corrected chi connectivity index (χ0v) is 11.4. The minimum Gasteiger partial charge on any atom is -0.385 e. The fourth-order valence-electron chi connectivity index (χ4n) is 2.71. The van der Waals surface area contributed by atoms with Crippen molar-refractivity contribution in [2.45, 2.75) is 12.3 Å². The van der Waals surface area contributed by atoms with E-state index in [-0.39, 0.29) is 5.92 Å². The van der Waals surface area contributed by atoms with Gasteiger partial charge in [0, 0.05) is 30.2 Å². The van der Waals surface area contributed by atoms with Crippen molar-refractivity contribution in [1.82, 2.24) is 15.1 Å². The first-order valence-corrected chi connectivity index (χ1v) is 6.98. The Morgan fingerprint density at radius 2 is 2.10 bits per heavy atom. The van der Waals surface area contributed by atoms with E-state index in [1.807, 2.05) is 24.3 Å². The minimum absolute atomic E-state index is 0.153. The van der Waals surface area contributed by atoms with E-state index in [4.69, 9.17) is 4.52 Å². The average molecular weight is 278 g/mol. The molecule has 4 rings (SSSR count). The van der Waals surface area contributed by atoms with Gasteiger partial charge in [-0.2, -0.15) is 4.98 Å². The molecule has 5 nitrogen and oxygen atoms in total. The summed E-state index contributed by atoms with van der Waals surface area (Å²) in [6.07, 6.45) is 4.42. The summed E-state index contributed by atoms with van der Waals surface area (Å²) in [4.78, 5) is 8.64. The number of benzene rings is 1. The van der Waals surface area contributed by atoms with E-state index in [1.54, 1.807) is 12.4 Å². The molecule has 0 amide bonds. The molecule has 1 aliphatic rings. The van der Waals surface area contributed by atoms with Crippen molar-refractivity contribution in [2.75, 3.05) is 11.9 Å². The first-order valence-electron chi connectivity index (χ1n) is 6.98. The number of anilines is 1. The monoisotopic (exact) mass is 278 g/mol. The smallest absolute Gasteiger partial charge is 0.234 e. The molecule has 5 heteroatoms. The largest absolute Gasteiger partial charge is 0.385 e. The van der Waals surface area contributed by atoms with E-state index in [0.29, 0.717) is 11.7 Å². The Labute approximate surface area is 122 Å². The molecule has 0 spiro atoms. The van der Waals surface area contributed by atoms with E-state index < -0.39 is 0 Å². The Kier molecular flexibility index (Phi) is 2.88. The van der Waals surface area contributed by atoms with Crippen LogP contribution in [-0.4, -0.2) is 21.7 Å². The Morgan fingerprint density at radius 3 is 3.00 bits per heavy atom. The Morgan fingerprint density at radius 1 is 1.14 bits per heavy atom. The SMILES string of the molecule is c1cncc(-c2noc(C3CCNc4ccccc43)n2)c1. The molecule has 0 saturated heterocycles. The van der Waals surface area contributed by atoms with Crippen molar-refractivity contribution in [3.8, 4) is 11.4 Å². The third kappa shape index (κ3) is 2.16. The zero-order valence-electron chi connectivity index (χ0n) is 11.4. The lowest BCUT2D eigenvalue weighted by Gasteiger charge is -2.23. The van der Waals surface area contributed by atoms with Gasteiger partial charge < -0.3 is 9.84 Å². The highest BCUT2D eigenvalue weighted by Crippen LogP contribution is 2.35. The molecule has 1 unspecified atom stereocenters. The van der Waals surface area contributed by atoms with Crippen LogP contribution >= 0.6 is 0 Å². The molecule has 3 heterocycles. The number of aromatic nitrogens is 3.